The summed E-state index contributed by atoms with van der Waals surface area (Å²) in [6.45, 7) is 7.34. The SMILES string of the molecule is CCN(CC(C)CN)C(=O)c1ccc2c(c1)COC2. The summed E-state index contributed by atoms with van der Waals surface area (Å²) in [4.78, 5) is 14.3. The highest BCUT2D eigenvalue weighted by Crippen LogP contribution is 2.21. The lowest BCUT2D eigenvalue weighted by Crippen LogP contribution is -2.36. The standard InChI is InChI=1S/C15H22N2O2/c1-3-17(8-11(2)7-16)15(18)12-4-5-13-9-19-10-14(13)6-12/h4-6,11H,3,7-10,16H2,1-2H3. The maximum atomic E-state index is 12.5. The van der Waals surface area contributed by atoms with E-state index in [-0.39, 0.29) is 5.91 Å². The molecule has 104 valence electrons. The summed E-state index contributed by atoms with van der Waals surface area (Å²) in [5.41, 5.74) is 8.70. The summed E-state index contributed by atoms with van der Waals surface area (Å²) in [6.07, 6.45) is 0. The zero-order chi connectivity index (χ0) is 13.8. The molecular formula is C15H22N2O2. The average Bonchev–Trinajstić information content (AvgIpc) is 2.90. The van der Waals surface area contributed by atoms with Gasteiger partial charge < -0.3 is 15.4 Å². The molecule has 19 heavy (non-hydrogen) atoms. The van der Waals surface area contributed by atoms with Crippen LogP contribution in [0.2, 0.25) is 0 Å². The third-order valence-electron chi connectivity index (χ3n) is 3.57. The fourth-order valence-electron chi connectivity index (χ4n) is 2.29. The van der Waals surface area contributed by atoms with Crippen LogP contribution in [0.15, 0.2) is 18.2 Å². The first-order valence-corrected chi connectivity index (χ1v) is 6.84. The van der Waals surface area contributed by atoms with Crippen LogP contribution in [0.1, 0.15) is 35.3 Å². The minimum absolute atomic E-state index is 0.0810. The van der Waals surface area contributed by atoms with Crippen molar-refractivity contribution in [1.29, 1.82) is 0 Å². The van der Waals surface area contributed by atoms with E-state index < -0.39 is 0 Å². The monoisotopic (exact) mass is 262 g/mol. The maximum absolute atomic E-state index is 12.5. The Labute approximate surface area is 114 Å². The Morgan fingerprint density at radius 2 is 2.16 bits per heavy atom. The first-order chi connectivity index (χ1) is 9.15. The van der Waals surface area contributed by atoms with Crippen LogP contribution >= 0.6 is 0 Å². The summed E-state index contributed by atoms with van der Waals surface area (Å²) in [7, 11) is 0. The molecule has 0 spiro atoms. The van der Waals surface area contributed by atoms with Crippen molar-refractivity contribution in [2.45, 2.75) is 27.1 Å². The molecule has 1 aromatic carbocycles. The minimum Gasteiger partial charge on any atom is -0.372 e. The molecule has 0 saturated heterocycles. The Kier molecular flexibility index (Phi) is 4.56. The van der Waals surface area contributed by atoms with Crippen LogP contribution in [0.3, 0.4) is 0 Å². The number of nitrogens with two attached hydrogens (primary N) is 1. The van der Waals surface area contributed by atoms with E-state index in [2.05, 4.69) is 6.92 Å². The summed E-state index contributed by atoms with van der Waals surface area (Å²) in [5.74, 6) is 0.402. The Morgan fingerprint density at radius 1 is 1.42 bits per heavy atom. The number of hydrogen-bond donors (Lipinski definition) is 1. The van der Waals surface area contributed by atoms with Gasteiger partial charge in [0.2, 0.25) is 0 Å². The largest absolute Gasteiger partial charge is 0.372 e. The number of fused-ring (bicyclic) bond motifs is 1. The van der Waals surface area contributed by atoms with Gasteiger partial charge in [0.05, 0.1) is 13.2 Å². The topological polar surface area (TPSA) is 55.6 Å². The fraction of sp³-hybridized carbons (Fsp3) is 0.533. The average molecular weight is 262 g/mol. The number of carbonyl (C=O) groups excluding carboxylic acids is 1. The molecule has 0 bridgehead atoms. The molecule has 1 heterocycles. The van der Waals surface area contributed by atoms with Gasteiger partial charge in [-0.3, -0.25) is 4.79 Å². The smallest absolute Gasteiger partial charge is 0.253 e. The molecule has 1 aliphatic heterocycles. The molecule has 1 amide bonds. The predicted molar refractivity (Wildman–Crippen MR) is 74.7 cm³/mol. The maximum Gasteiger partial charge on any atom is 0.253 e. The van der Waals surface area contributed by atoms with Crippen LogP contribution < -0.4 is 5.73 Å². The van der Waals surface area contributed by atoms with E-state index in [1.807, 2.05) is 30.0 Å². The normalized spacial score (nSPS) is 15.1. The second-order valence-electron chi connectivity index (χ2n) is 5.16. The number of hydrogen-bond acceptors (Lipinski definition) is 3. The molecule has 4 nitrogen and oxygen atoms in total. The Bertz CT molecular complexity index is 459. The van der Waals surface area contributed by atoms with Crippen LogP contribution in [-0.4, -0.2) is 30.4 Å². The van der Waals surface area contributed by atoms with Gasteiger partial charge in [0, 0.05) is 18.7 Å². The summed E-state index contributed by atoms with van der Waals surface area (Å²) < 4.78 is 5.38. The zero-order valence-corrected chi connectivity index (χ0v) is 11.7. The molecule has 2 N–H and O–H groups in total. The van der Waals surface area contributed by atoms with Gasteiger partial charge in [-0.05, 0) is 42.6 Å². The zero-order valence-electron chi connectivity index (χ0n) is 11.7. The third kappa shape index (κ3) is 3.14. The van der Waals surface area contributed by atoms with Gasteiger partial charge in [0.1, 0.15) is 0 Å². The van der Waals surface area contributed by atoms with Crippen molar-refractivity contribution in [2.24, 2.45) is 11.7 Å². The van der Waals surface area contributed by atoms with Crippen LogP contribution in [0.5, 0.6) is 0 Å². The first-order valence-electron chi connectivity index (χ1n) is 6.84. The predicted octanol–water partition coefficient (Wildman–Crippen LogP) is 1.77. The number of ether oxygens (including phenoxy) is 1. The van der Waals surface area contributed by atoms with E-state index >= 15 is 0 Å². The molecule has 4 heteroatoms. The van der Waals surface area contributed by atoms with Gasteiger partial charge in [-0.1, -0.05) is 13.0 Å². The van der Waals surface area contributed by atoms with Crippen molar-refractivity contribution < 1.29 is 9.53 Å². The van der Waals surface area contributed by atoms with Crippen molar-refractivity contribution in [3.8, 4) is 0 Å². The van der Waals surface area contributed by atoms with E-state index in [1.165, 1.54) is 5.56 Å². The van der Waals surface area contributed by atoms with Gasteiger partial charge in [0.25, 0.3) is 5.91 Å². The minimum atomic E-state index is 0.0810. The van der Waals surface area contributed by atoms with Crippen molar-refractivity contribution in [3.05, 3.63) is 34.9 Å². The van der Waals surface area contributed by atoms with E-state index in [1.54, 1.807) is 0 Å². The second-order valence-corrected chi connectivity index (χ2v) is 5.16. The Morgan fingerprint density at radius 3 is 2.84 bits per heavy atom. The summed E-state index contributed by atoms with van der Waals surface area (Å²) in [6, 6.07) is 5.85. The molecule has 2 rings (SSSR count). The molecule has 0 aromatic heterocycles. The van der Waals surface area contributed by atoms with Gasteiger partial charge >= 0.3 is 0 Å². The molecule has 1 aliphatic rings. The molecule has 0 saturated carbocycles. The fourth-order valence-corrected chi connectivity index (χ4v) is 2.29. The van der Waals surface area contributed by atoms with E-state index in [0.717, 1.165) is 11.1 Å². The summed E-state index contributed by atoms with van der Waals surface area (Å²) >= 11 is 0. The lowest BCUT2D eigenvalue weighted by atomic mass is 10.0. The number of benzene rings is 1. The van der Waals surface area contributed by atoms with Crippen molar-refractivity contribution in [2.75, 3.05) is 19.6 Å². The number of rotatable bonds is 5. The number of nitrogens with zero attached hydrogens (tertiary/aromatic N) is 1. The highest BCUT2D eigenvalue weighted by molar-refractivity contribution is 5.94. The molecule has 1 aromatic rings. The molecular weight excluding hydrogens is 240 g/mol. The van der Waals surface area contributed by atoms with E-state index in [9.17, 15) is 4.79 Å². The van der Waals surface area contributed by atoms with Gasteiger partial charge in [-0.15, -0.1) is 0 Å². The Hall–Kier alpha value is -1.39. The lowest BCUT2D eigenvalue weighted by Gasteiger charge is -2.24. The summed E-state index contributed by atoms with van der Waals surface area (Å²) in [5, 5.41) is 0. The van der Waals surface area contributed by atoms with E-state index in [0.29, 0.717) is 38.8 Å². The molecule has 1 unspecified atom stereocenters. The molecule has 0 aliphatic carbocycles. The van der Waals surface area contributed by atoms with Gasteiger partial charge in [0.15, 0.2) is 0 Å². The van der Waals surface area contributed by atoms with Crippen LogP contribution in [-0.2, 0) is 18.0 Å². The second kappa shape index (κ2) is 6.17. The Balaban J connectivity index is 2.13. The van der Waals surface area contributed by atoms with E-state index in [4.69, 9.17) is 10.5 Å². The van der Waals surface area contributed by atoms with Crippen molar-refractivity contribution >= 4 is 5.91 Å². The quantitative estimate of drug-likeness (QED) is 0.880. The van der Waals surface area contributed by atoms with Gasteiger partial charge in [-0.25, -0.2) is 0 Å². The third-order valence-corrected chi connectivity index (χ3v) is 3.57. The number of carbonyl (C=O) groups is 1. The van der Waals surface area contributed by atoms with Crippen LogP contribution in [0.25, 0.3) is 0 Å². The van der Waals surface area contributed by atoms with Crippen LogP contribution in [0, 0.1) is 5.92 Å². The molecule has 1 atom stereocenters. The van der Waals surface area contributed by atoms with Gasteiger partial charge in [-0.2, -0.15) is 0 Å². The highest BCUT2D eigenvalue weighted by atomic mass is 16.5. The highest BCUT2D eigenvalue weighted by Gasteiger charge is 2.19. The first kappa shape index (κ1) is 14.0. The molecule has 0 radical (unpaired) electrons. The van der Waals surface area contributed by atoms with Crippen molar-refractivity contribution in [3.63, 3.8) is 0 Å². The van der Waals surface area contributed by atoms with Crippen LogP contribution in [0.4, 0.5) is 0 Å². The molecule has 0 fully saturated rings. The van der Waals surface area contributed by atoms with Crippen molar-refractivity contribution in [1.82, 2.24) is 4.90 Å². The lowest BCUT2D eigenvalue weighted by molar-refractivity contribution is 0.0743. The number of amides is 1.